The topological polar surface area (TPSA) is 96.2 Å². The summed E-state index contributed by atoms with van der Waals surface area (Å²) in [5.41, 5.74) is 0.950. The van der Waals surface area contributed by atoms with Crippen LogP contribution >= 0.6 is 0 Å². The first-order chi connectivity index (χ1) is 10.5. The summed E-state index contributed by atoms with van der Waals surface area (Å²) >= 11 is 0. The van der Waals surface area contributed by atoms with Gasteiger partial charge in [-0.3, -0.25) is 0 Å². The van der Waals surface area contributed by atoms with Gasteiger partial charge in [-0.05, 0) is 37.8 Å². The molecular formula is C16H24O6. The van der Waals surface area contributed by atoms with Gasteiger partial charge < -0.3 is 24.8 Å². The lowest BCUT2D eigenvalue weighted by atomic mass is 10.1. The van der Waals surface area contributed by atoms with Crippen molar-refractivity contribution in [3.05, 3.63) is 29.8 Å². The highest BCUT2D eigenvalue weighted by Crippen LogP contribution is 2.16. The second-order valence-electron chi connectivity index (χ2n) is 5.10. The number of para-hydroxylation sites is 1. The molecule has 0 aliphatic carbocycles. The van der Waals surface area contributed by atoms with Crippen molar-refractivity contribution in [3.8, 4) is 5.75 Å². The molecule has 2 atom stereocenters. The minimum absolute atomic E-state index is 0.00125. The molecule has 0 fully saturated rings. The molecule has 0 aliphatic heterocycles. The summed E-state index contributed by atoms with van der Waals surface area (Å²) < 4.78 is 10.3. The third-order valence-corrected chi connectivity index (χ3v) is 3.10. The van der Waals surface area contributed by atoms with Crippen LogP contribution in [0, 0.1) is 6.92 Å². The predicted molar refractivity (Wildman–Crippen MR) is 80.6 cm³/mol. The van der Waals surface area contributed by atoms with E-state index in [9.17, 15) is 15.0 Å². The largest absolute Gasteiger partial charge is 0.490 e. The van der Waals surface area contributed by atoms with Gasteiger partial charge in [0.25, 0.3) is 0 Å². The van der Waals surface area contributed by atoms with E-state index in [1.54, 1.807) is 6.07 Å². The number of carbonyl (C=O) groups is 1. The summed E-state index contributed by atoms with van der Waals surface area (Å²) in [7, 11) is 0. The summed E-state index contributed by atoms with van der Waals surface area (Å²) in [6.45, 7) is 1.68. The Morgan fingerprint density at radius 3 is 2.59 bits per heavy atom. The molecule has 0 heterocycles. The summed E-state index contributed by atoms with van der Waals surface area (Å²) in [6.07, 6.45) is -0.901. The average Bonchev–Trinajstić information content (AvgIpc) is 2.51. The van der Waals surface area contributed by atoms with E-state index >= 15 is 0 Å². The van der Waals surface area contributed by atoms with E-state index in [1.165, 1.54) is 0 Å². The van der Waals surface area contributed by atoms with Gasteiger partial charge in [0.05, 0.1) is 0 Å². The van der Waals surface area contributed by atoms with E-state index in [0.717, 1.165) is 5.56 Å². The van der Waals surface area contributed by atoms with E-state index in [4.69, 9.17) is 14.6 Å². The molecule has 0 amide bonds. The SMILES string of the molecule is Cc1ccccc1OCC(O)COC(=O)C(O)CCCCO. The highest BCUT2D eigenvalue weighted by atomic mass is 16.6. The Hall–Kier alpha value is -1.63. The zero-order chi connectivity index (χ0) is 16.4. The molecule has 0 aliphatic rings. The second kappa shape index (κ2) is 10.2. The first-order valence-corrected chi connectivity index (χ1v) is 7.36. The number of esters is 1. The Balaban J connectivity index is 2.23. The Bertz CT molecular complexity index is 448. The van der Waals surface area contributed by atoms with Gasteiger partial charge in [-0.2, -0.15) is 0 Å². The first kappa shape index (κ1) is 18.4. The summed E-state index contributed by atoms with van der Waals surface area (Å²) in [4.78, 5) is 11.5. The molecular weight excluding hydrogens is 288 g/mol. The fraction of sp³-hybridized carbons (Fsp3) is 0.562. The standard InChI is InChI=1S/C16H24O6/c1-12-6-2-3-8-15(12)21-10-13(18)11-22-16(20)14(19)7-4-5-9-17/h2-3,6,8,13-14,17-19H,4-5,7,9-11H2,1H3. The van der Waals surface area contributed by atoms with Crippen molar-refractivity contribution >= 4 is 5.97 Å². The van der Waals surface area contributed by atoms with Gasteiger partial charge in [-0.25, -0.2) is 4.79 Å². The third kappa shape index (κ3) is 6.89. The van der Waals surface area contributed by atoms with Crippen LogP contribution in [0.15, 0.2) is 24.3 Å². The number of hydrogen-bond acceptors (Lipinski definition) is 6. The molecule has 3 N–H and O–H groups in total. The van der Waals surface area contributed by atoms with Gasteiger partial charge >= 0.3 is 5.97 Å². The molecule has 0 saturated heterocycles. The molecule has 6 nitrogen and oxygen atoms in total. The lowest BCUT2D eigenvalue weighted by Gasteiger charge is -2.15. The quantitative estimate of drug-likeness (QED) is 0.437. The van der Waals surface area contributed by atoms with Crippen molar-refractivity contribution in [1.29, 1.82) is 0 Å². The molecule has 0 spiro atoms. The average molecular weight is 312 g/mol. The van der Waals surface area contributed by atoms with Crippen molar-refractivity contribution in [3.63, 3.8) is 0 Å². The number of benzene rings is 1. The fourth-order valence-electron chi connectivity index (χ4n) is 1.79. The molecule has 1 aromatic rings. The number of unbranched alkanes of at least 4 members (excludes halogenated alkanes) is 1. The van der Waals surface area contributed by atoms with Crippen LogP contribution in [0.5, 0.6) is 5.75 Å². The maximum absolute atomic E-state index is 11.5. The number of ether oxygens (including phenoxy) is 2. The number of hydrogen-bond donors (Lipinski definition) is 3. The normalized spacial score (nSPS) is 13.5. The van der Waals surface area contributed by atoms with Gasteiger partial charge in [0.15, 0.2) is 6.10 Å². The van der Waals surface area contributed by atoms with Crippen molar-refractivity contribution in [2.24, 2.45) is 0 Å². The van der Waals surface area contributed by atoms with Crippen LogP contribution in [0.1, 0.15) is 24.8 Å². The van der Waals surface area contributed by atoms with Crippen LogP contribution in [-0.2, 0) is 9.53 Å². The van der Waals surface area contributed by atoms with Crippen molar-refractivity contribution in [2.75, 3.05) is 19.8 Å². The van der Waals surface area contributed by atoms with E-state index in [0.29, 0.717) is 18.6 Å². The van der Waals surface area contributed by atoms with Crippen LogP contribution in [0.25, 0.3) is 0 Å². The molecule has 0 bridgehead atoms. The lowest BCUT2D eigenvalue weighted by Crippen LogP contribution is -2.30. The molecule has 6 heteroatoms. The number of aliphatic hydroxyl groups is 3. The van der Waals surface area contributed by atoms with Crippen LogP contribution < -0.4 is 4.74 Å². The van der Waals surface area contributed by atoms with Gasteiger partial charge in [-0.1, -0.05) is 18.2 Å². The summed E-state index contributed by atoms with van der Waals surface area (Å²) in [6, 6.07) is 7.40. The number of rotatable bonds is 10. The minimum atomic E-state index is -1.23. The van der Waals surface area contributed by atoms with E-state index in [2.05, 4.69) is 0 Å². The third-order valence-electron chi connectivity index (χ3n) is 3.10. The van der Waals surface area contributed by atoms with Crippen molar-refractivity contribution in [1.82, 2.24) is 0 Å². The van der Waals surface area contributed by atoms with Gasteiger partial charge in [0, 0.05) is 6.61 Å². The second-order valence-corrected chi connectivity index (χ2v) is 5.10. The van der Waals surface area contributed by atoms with Crippen LogP contribution in [0.3, 0.4) is 0 Å². The molecule has 1 rings (SSSR count). The van der Waals surface area contributed by atoms with Gasteiger partial charge in [0.2, 0.25) is 0 Å². The maximum Gasteiger partial charge on any atom is 0.335 e. The Morgan fingerprint density at radius 1 is 1.18 bits per heavy atom. The van der Waals surface area contributed by atoms with E-state index in [-0.39, 0.29) is 26.2 Å². The first-order valence-electron chi connectivity index (χ1n) is 7.36. The van der Waals surface area contributed by atoms with Gasteiger partial charge in [0.1, 0.15) is 25.1 Å². The molecule has 1 aromatic carbocycles. The zero-order valence-corrected chi connectivity index (χ0v) is 12.8. The molecule has 0 saturated carbocycles. The Morgan fingerprint density at radius 2 is 1.91 bits per heavy atom. The summed E-state index contributed by atoms with van der Waals surface area (Å²) in [5, 5.41) is 27.9. The van der Waals surface area contributed by atoms with Crippen LogP contribution in [0.4, 0.5) is 0 Å². The van der Waals surface area contributed by atoms with Gasteiger partial charge in [-0.15, -0.1) is 0 Å². The maximum atomic E-state index is 11.5. The molecule has 2 unspecified atom stereocenters. The lowest BCUT2D eigenvalue weighted by molar-refractivity contribution is -0.157. The summed E-state index contributed by atoms with van der Waals surface area (Å²) in [5.74, 6) is -0.107. The van der Waals surface area contributed by atoms with E-state index in [1.807, 2.05) is 25.1 Å². The molecule has 0 aromatic heterocycles. The molecule has 0 radical (unpaired) electrons. The van der Waals surface area contributed by atoms with Crippen molar-refractivity contribution < 1.29 is 29.6 Å². The van der Waals surface area contributed by atoms with Crippen molar-refractivity contribution in [2.45, 2.75) is 38.4 Å². The van der Waals surface area contributed by atoms with Crippen LogP contribution in [-0.4, -0.2) is 53.3 Å². The van der Waals surface area contributed by atoms with E-state index < -0.39 is 18.2 Å². The predicted octanol–water partition coefficient (Wildman–Crippen LogP) is 0.801. The highest BCUT2D eigenvalue weighted by Gasteiger charge is 2.18. The molecule has 124 valence electrons. The molecule has 22 heavy (non-hydrogen) atoms. The number of carbonyl (C=O) groups excluding carboxylic acids is 1. The number of aliphatic hydroxyl groups excluding tert-OH is 3. The monoisotopic (exact) mass is 312 g/mol. The minimum Gasteiger partial charge on any atom is -0.490 e. The number of aryl methyl sites for hydroxylation is 1. The Labute approximate surface area is 130 Å². The highest BCUT2D eigenvalue weighted by molar-refractivity contribution is 5.74. The van der Waals surface area contributed by atoms with Crippen LogP contribution in [0.2, 0.25) is 0 Å². The fourth-order valence-corrected chi connectivity index (χ4v) is 1.79. The zero-order valence-electron chi connectivity index (χ0n) is 12.8. The Kier molecular flexibility index (Phi) is 8.50. The smallest absolute Gasteiger partial charge is 0.335 e.